The predicted molar refractivity (Wildman–Crippen MR) is 50.9 cm³/mol. The summed E-state index contributed by atoms with van der Waals surface area (Å²) in [5.41, 5.74) is 0. The molecule has 6 nitrogen and oxygen atoms in total. The third-order valence-electron chi connectivity index (χ3n) is 1.58. The fraction of sp³-hybridized carbons (Fsp3) is 0.857. The van der Waals surface area contributed by atoms with Crippen LogP contribution in [-0.2, 0) is 19.6 Å². The van der Waals surface area contributed by atoms with Gasteiger partial charge in [-0.1, -0.05) is 0 Å². The summed E-state index contributed by atoms with van der Waals surface area (Å²) >= 11 is 0. The van der Waals surface area contributed by atoms with Gasteiger partial charge in [0.15, 0.2) is 0 Å². The molecule has 0 aliphatic carbocycles. The number of hydrogen-bond acceptors (Lipinski definition) is 4. The highest BCUT2D eigenvalue weighted by Gasteiger charge is 2.28. The second kappa shape index (κ2) is 6.17. The normalized spacial score (nSPS) is 13.0. The molecule has 0 aliphatic heterocycles. The van der Waals surface area contributed by atoms with E-state index in [2.05, 4.69) is 4.74 Å². The Morgan fingerprint density at radius 1 is 1.41 bits per heavy atom. The predicted octanol–water partition coefficient (Wildman–Crippen LogP) is -0.0885. The van der Waals surface area contributed by atoms with E-state index in [1.165, 1.54) is 0 Å². The number of rotatable bonds is 7. The Kier molecular flexibility index (Phi) is 5.85. The Labute approximate surface area is 96.0 Å². The highest BCUT2D eigenvalue weighted by Crippen LogP contribution is 2.14. The maximum Gasteiger partial charge on any atom is 0.411 e. The lowest BCUT2D eigenvalue weighted by Gasteiger charge is -2.15. The van der Waals surface area contributed by atoms with E-state index in [1.54, 1.807) is 0 Å². The van der Waals surface area contributed by atoms with Gasteiger partial charge in [-0.3, -0.25) is 4.79 Å². The molecule has 10 heteroatoms. The number of nitrogens with zero attached hydrogens (tertiary/aromatic N) is 1. The monoisotopic (exact) mass is 279 g/mol. The van der Waals surface area contributed by atoms with E-state index in [4.69, 9.17) is 5.11 Å². The second-order valence-corrected chi connectivity index (χ2v) is 5.33. The average Bonchev–Trinajstić information content (AvgIpc) is 2.10. The van der Waals surface area contributed by atoms with Crippen molar-refractivity contribution in [1.29, 1.82) is 0 Å². The van der Waals surface area contributed by atoms with E-state index in [9.17, 15) is 26.4 Å². The number of sulfonamides is 1. The molecule has 102 valence electrons. The molecule has 0 fully saturated rings. The molecule has 0 amide bonds. The van der Waals surface area contributed by atoms with E-state index in [1.807, 2.05) is 0 Å². The molecule has 0 saturated heterocycles. The van der Waals surface area contributed by atoms with Crippen LogP contribution in [0.15, 0.2) is 0 Å². The molecule has 0 bridgehead atoms. The van der Waals surface area contributed by atoms with E-state index in [0.717, 1.165) is 7.05 Å². The quantitative estimate of drug-likeness (QED) is 0.658. The van der Waals surface area contributed by atoms with E-state index >= 15 is 0 Å². The molecule has 0 aromatic carbocycles. The zero-order valence-corrected chi connectivity index (χ0v) is 9.71. The van der Waals surface area contributed by atoms with Crippen molar-refractivity contribution < 1.29 is 36.2 Å². The minimum absolute atomic E-state index is 0.534. The Morgan fingerprint density at radius 2 is 1.94 bits per heavy atom. The number of halogens is 3. The van der Waals surface area contributed by atoms with Gasteiger partial charge in [-0.05, 0) is 0 Å². The minimum Gasteiger partial charge on any atom is -0.480 e. The standard InChI is InChI=1S/C7H12F3NO5S/c1-11(4-6(12)13)17(14,15)3-2-16-5-7(8,9)10/h2-5H2,1H3,(H,12,13). The maximum absolute atomic E-state index is 11.6. The first-order valence-electron chi connectivity index (χ1n) is 4.35. The zero-order chi connectivity index (χ0) is 13.7. The van der Waals surface area contributed by atoms with Gasteiger partial charge in [0.2, 0.25) is 10.0 Å². The van der Waals surface area contributed by atoms with Crippen molar-refractivity contribution in [3.63, 3.8) is 0 Å². The van der Waals surface area contributed by atoms with Gasteiger partial charge < -0.3 is 9.84 Å². The number of likely N-dealkylation sites (N-methyl/N-ethyl adjacent to an activating group) is 1. The van der Waals surface area contributed by atoms with Crippen molar-refractivity contribution in [3.8, 4) is 0 Å². The number of hydrogen-bond donors (Lipinski definition) is 1. The van der Waals surface area contributed by atoms with Crippen LogP contribution < -0.4 is 0 Å². The van der Waals surface area contributed by atoms with Gasteiger partial charge in [0, 0.05) is 7.05 Å². The smallest absolute Gasteiger partial charge is 0.411 e. The van der Waals surface area contributed by atoms with Crippen LogP contribution in [0.1, 0.15) is 0 Å². The summed E-state index contributed by atoms with van der Waals surface area (Å²) in [4.78, 5) is 10.2. The number of carboxylic acid groups (broad SMARTS) is 1. The second-order valence-electron chi connectivity index (χ2n) is 3.13. The van der Waals surface area contributed by atoms with Gasteiger partial charge >= 0.3 is 12.1 Å². The summed E-state index contributed by atoms with van der Waals surface area (Å²) in [7, 11) is -2.89. The summed E-state index contributed by atoms with van der Waals surface area (Å²) in [5, 5.41) is 8.34. The van der Waals surface area contributed by atoms with Gasteiger partial charge in [0.1, 0.15) is 13.2 Å². The summed E-state index contributed by atoms with van der Waals surface area (Å²) < 4.78 is 62.2. The molecule has 0 aromatic heterocycles. The highest BCUT2D eigenvalue weighted by atomic mass is 32.2. The lowest BCUT2D eigenvalue weighted by molar-refractivity contribution is -0.172. The van der Waals surface area contributed by atoms with E-state index in [-0.39, 0.29) is 0 Å². The van der Waals surface area contributed by atoms with Crippen LogP contribution in [0.5, 0.6) is 0 Å². The molecule has 0 spiro atoms. The summed E-state index contributed by atoms with van der Waals surface area (Å²) in [5.74, 6) is -2.06. The lowest BCUT2D eigenvalue weighted by atomic mass is 10.7. The first-order valence-corrected chi connectivity index (χ1v) is 5.96. The van der Waals surface area contributed by atoms with Crippen molar-refractivity contribution in [2.75, 3.05) is 32.6 Å². The number of carbonyl (C=O) groups is 1. The van der Waals surface area contributed by atoms with Crippen molar-refractivity contribution in [3.05, 3.63) is 0 Å². The topological polar surface area (TPSA) is 83.9 Å². The SMILES string of the molecule is CN(CC(=O)O)S(=O)(=O)CCOCC(F)(F)F. The van der Waals surface area contributed by atoms with Crippen molar-refractivity contribution in [2.45, 2.75) is 6.18 Å². The van der Waals surface area contributed by atoms with Crippen LogP contribution in [-0.4, -0.2) is 62.5 Å². The molecule has 0 aromatic rings. The zero-order valence-electron chi connectivity index (χ0n) is 8.90. The number of alkyl halides is 3. The minimum atomic E-state index is -4.52. The van der Waals surface area contributed by atoms with Crippen LogP contribution in [0, 0.1) is 0 Å². The average molecular weight is 279 g/mol. The molecule has 17 heavy (non-hydrogen) atoms. The van der Waals surface area contributed by atoms with Gasteiger partial charge in [-0.2, -0.15) is 17.5 Å². The molecule has 1 N–H and O–H groups in total. The summed E-state index contributed by atoms with van der Waals surface area (Å²) in [6.07, 6.45) is -4.52. The Hall–Kier alpha value is -0.870. The first kappa shape index (κ1) is 16.1. The first-order chi connectivity index (χ1) is 7.54. The Balaban J connectivity index is 4.06. The summed E-state index contributed by atoms with van der Waals surface area (Å²) in [6, 6.07) is 0. The molecular weight excluding hydrogens is 267 g/mol. The van der Waals surface area contributed by atoms with Crippen molar-refractivity contribution in [1.82, 2.24) is 4.31 Å². The number of aliphatic carboxylic acids is 1. The van der Waals surface area contributed by atoms with Gasteiger partial charge in [0.25, 0.3) is 0 Å². The largest absolute Gasteiger partial charge is 0.480 e. The van der Waals surface area contributed by atoms with Gasteiger partial charge in [-0.25, -0.2) is 8.42 Å². The van der Waals surface area contributed by atoms with Crippen molar-refractivity contribution in [2.24, 2.45) is 0 Å². The maximum atomic E-state index is 11.6. The molecule has 0 atom stereocenters. The van der Waals surface area contributed by atoms with Crippen LogP contribution >= 0.6 is 0 Å². The Morgan fingerprint density at radius 3 is 2.35 bits per heavy atom. The highest BCUT2D eigenvalue weighted by molar-refractivity contribution is 7.89. The molecule has 0 heterocycles. The van der Waals surface area contributed by atoms with Crippen molar-refractivity contribution >= 4 is 16.0 Å². The van der Waals surface area contributed by atoms with Gasteiger partial charge in [0.05, 0.1) is 12.4 Å². The number of carboxylic acids is 1. The van der Waals surface area contributed by atoms with Gasteiger partial charge in [-0.15, -0.1) is 0 Å². The number of ether oxygens (including phenoxy) is 1. The van der Waals surface area contributed by atoms with E-state index < -0.39 is 47.7 Å². The molecule has 0 aliphatic rings. The van der Waals surface area contributed by atoms with Crippen LogP contribution in [0.25, 0.3) is 0 Å². The molecule has 0 rings (SSSR count). The molecule has 0 radical (unpaired) electrons. The van der Waals surface area contributed by atoms with Crippen LogP contribution in [0.3, 0.4) is 0 Å². The Bertz CT molecular complexity index is 353. The third-order valence-corrected chi connectivity index (χ3v) is 3.35. The molecule has 0 saturated carbocycles. The molecule has 0 unspecified atom stereocenters. The van der Waals surface area contributed by atoms with E-state index in [0.29, 0.717) is 4.31 Å². The summed E-state index contributed by atoms with van der Waals surface area (Å²) in [6.45, 7) is -2.93. The van der Waals surface area contributed by atoms with Crippen LogP contribution in [0.4, 0.5) is 13.2 Å². The lowest BCUT2D eigenvalue weighted by Crippen LogP contribution is -2.35. The molecular formula is C7H12F3NO5S. The van der Waals surface area contributed by atoms with Crippen LogP contribution in [0.2, 0.25) is 0 Å². The fourth-order valence-corrected chi connectivity index (χ4v) is 1.74. The third kappa shape index (κ3) is 7.94. The fourth-order valence-electron chi connectivity index (χ4n) is 0.797.